The molecular formula is C37H38Cl2N8O5. The predicted octanol–water partition coefficient (Wildman–Crippen LogP) is 5.86. The molecule has 270 valence electrons. The molecule has 0 bridgehead atoms. The summed E-state index contributed by atoms with van der Waals surface area (Å²) in [5.74, 6) is 1.08. The van der Waals surface area contributed by atoms with Gasteiger partial charge in [0.25, 0.3) is 5.56 Å². The quantitative estimate of drug-likeness (QED) is 0.149. The van der Waals surface area contributed by atoms with Gasteiger partial charge in [0.05, 0.1) is 61.5 Å². The third-order valence-corrected chi connectivity index (χ3v) is 9.06. The van der Waals surface area contributed by atoms with Gasteiger partial charge in [0.15, 0.2) is 0 Å². The number of amides is 1. The molecule has 5 aromatic rings. The Bertz CT molecular complexity index is 2140. The summed E-state index contributed by atoms with van der Waals surface area (Å²) in [6.07, 6.45) is 6.67. The number of hydrogen-bond donors (Lipinski definition) is 2. The van der Waals surface area contributed by atoms with Gasteiger partial charge in [-0.3, -0.25) is 14.2 Å². The van der Waals surface area contributed by atoms with E-state index in [1.54, 1.807) is 48.8 Å². The summed E-state index contributed by atoms with van der Waals surface area (Å²) < 4.78 is 17.9. The Balaban J connectivity index is 1.41. The third-order valence-electron chi connectivity index (χ3n) is 8.31. The van der Waals surface area contributed by atoms with Crippen molar-refractivity contribution in [3.8, 4) is 22.6 Å². The minimum Gasteiger partial charge on any atom is -0.495 e. The van der Waals surface area contributed by atoms with Crippen molar-refractivity contribution in [3.63, 3.8) is 0 Å². The van der Waals surface area contributed by atoms with E-state index in [2.05, 4.69) is 25.5 Å². The topological polar surface area (TPSA) is 136 Å². The number of halogens is 2. The number of methoxy groups -OCH3 is 2. The Morgan fingerprint density at radius 3 is 2.42 bits per heavy atom. The normalized spacial score (nSPS) is 13.2. The van der Waals surface area contributed by atoms with Gasteiger partial charge >= 0.3 is 0 Å². The molecule has 1 aliphatic heterocycles. The number of anilines is 4. The average molecular weight is 746 g/mol. The number of rotatable bonds is 12. The molecule has 52 heavy (non-hydrogen) atoms. The summed E-state index contributed by atoms with van der Waals surface area (Å²) in [6, 6.07) is 14.3. The highest BCUT2D eigenvalue weighted by Crippen LogP contribution is 2.45. The van der Waals surface area contributed by atoms with Crippen LogP contribution in [0.4, 0.5) is 23.1 Å². The van der Waals surface area contributed by atoms with Gasteiger partial charge in [-0.1, -0.05) is 41.4 Å². The van der Waals surface area contributed by atoms with Crippen LogP contribution in [0.3, 0.4) is 0 Å². The van der Waals surface area contributed by atoms with Crippen LogP contribution < -0.4 is 30.6 Å². The number of carbonyl (C=O) groups excluding carboxylic acids is 1. The second-order valence-electron chi connectivity index (χ2n) is 12.2. The summed E-state index contributed by atoms with van der Waals surface area (Å²) >= 11 is 13.6. The summed E-state index contributed by atoms with van der Waals surface area (Å²) in [7, 11) is 6.77. The van der Waals surface area contributed by atoms with E-state index in [0.29, 0.717) is 42.3 Å². The fourth-order valence-electron chi connectivity index (χ4n) is 5.73. The maximum Gasteiger partial charge on any atom is 0.260 e. The smallest absolute Gasteiger partial charge is 0.260 e. The summed E-state index contributed by atoms with van der Waals surface area (Å²) in [5.41, 5.74) is 2.65. The van der Waals surface area contributed by atoms with Crippen molar-refractivity contribution in [2.75, 3.05) is 76.7 Å². The molecular weight excluding hydrogens is 707 g/mol. The number of likely N-dealkylation sites (N-methyl/N-ethyl adjacent to an activating group) is 1. The first-order valence-electron chi connectivity index (χ1n) is 16.4. The van der Waals surface area contributed by atoms with Crippen LogP contribution in [0.15, 0.2) is 77.9 Å². The molecule has 1 aliphatic rings. The van der Waals surface area contributed by atoms with E-state index in [4.69, 9.17) is 42.4 Å². The molecule has 2 N–H and O–H groups in total. The first-order valence-corrected chi connectivity index (χ1v) is 17.2. The van der Waals surface area contributed by atoms with Gasteiger partial charge in [0.1, 0.15) is 23.0 Å². The zero-order valence-corrected chi connectivity index (χ0v) is 30.7. The van der Waals surface area contributed by atoms with Crippen LogP contribution in [-0.2, 0) is 16.1 Å². The maximum absolute atomic E-state index is 14.6. The predicted molar refractivity (Wildman–Crippen MR) is 205 cm³/mol. The molecule has 0 saturated carbocycles. The van der Waals surface area contributed by atoms with Crippen molar-refractivity contribution >= 4 is 63.3 Å². The fourth-order valence-corrected chi connectivity index (χ4v) is 6.44. The van der Waals surface area contributed by atoms with Crippen LogP contribution in [0.1, 0.15) is 5.56 Å². The molecule has 0 unspecified atom stereocenters. The van der Waals surface area contributed by atoms with E-state index in [1.807, 2.05) is 37.2 Å². The molecule has 0 radical (unpaired) electrons. The van der Waals surface area contributed by atoms with Crippen molar-refractivity contribution in [2.45, 2.75) is 6.54 Å². The van der Waals surface area contributed by atoms with Crippen molar-refractivity contribution in [1.29, 1.82) is 0 Å². The van der Waals surface area contributed by atoms with Crippen molar-refractivity contribution < 1.29 is 19.0 Å². The minimum atomic E-state index is -0.426. The van der Waals surface area contributed by atoms with Crippen LogP contribution in [0.25, 0.3) is 22.2 Å². The molecule has 0 aliphatic carbocycles. The summed E-state index contributed by atoms with van der Waals surface area (Å²) in [4.78, 5) is 45.2. The number of nitrogens with one attached hydrogen (secondary N) is 2. The molecule has 3 aromatic heterocycles. The van der Waals surface area contributed by atoms with Gasteiger partial charge in [-0.05, 0) is 50.0 Å². The summed E-state index contributed by atoms with van der Waals surface area (Å²) in [5, 5.41) is 6.88. The van der Waals surface area contributed by atoms with Crippen LogP contribution in [0, 0.1) is 0 Å². The van der Waals surface area contributed by atoms with E-state index in [0.717, 1.165) is 24.3 Å². The standard InChI is InChI=1S/C37H38Cl2N8O5/c1-45(2)12-6-9-31(48)42-25-8-5-7-23(17-25)22-47-35-24(18-27(36(47)49)32-33(38)28(50-3)19-29(51-4)34(32)39)20-41-37(44-35)43-30-11-10-26(21-40-30)46-13-15-52-16-14-46/h5-11,17-21H,12-16,22H2,1-4H3,(H,42,48)(H,40,41,43,44)/b9-6+. The molecule has 4 heterocycles. The molecule has 13 nitrogen and oxygen atoms in total. The molecule has 0 spiro atoms. The Hall–Kier alpha value is -5.21. The lowest BCUT2D eigenvalue weighted by molar-refractivity contribution is -0.111. The second-order valence-corrected chi connectivity index (χ2v) is 12.9. The maximum atomic E-state index is 14.6. The van der Waals surface area contributed by atoms with E-state index < -0.39 is 5.56 Å². The van der Waals surface area contributed by atoms with Gasteiger partial charge in [-0.2, -0.15) is 4.98 Å². The number of benzene rings is 2. The lowest BCUT2D eigenvalue weighted by Crippen LogP contribution is -2.36. The molecule has 6 rings (SSSR count). The molecule has 0 atom stereocenters. The Kier molecular flexibility index (Phi) is 11.6. The number of ether oxygens (including phenoxy) is 3. The lowest BCUT2D eigenvalue weighted by atomic mass is 10.0. The number of pyridine rings is 2. The van der Waals surface area contributed by atoms with Gasteiger partial charge in [-0.25, -0.2) is 9.97 Å². The van der Waals surface area contributed by atoms with Crippen LogP contribution in [0.5, 0.6) is 11.5 Å². The molecule has 1 fully saturated rings. The highest BCUT2D eigenvalue weighted by molar-refractivity contribution is 6.41. The van der Waals surface area contributed by atoms with Gasteiger partial charge in [-0.15, -0.1) is 0 Å². The van der Waals surface area contributed by atoms with E-state index in [9.17, 15) is 9.59 Å². The monoisotopic (exact) mass is 744 g/mol. The van der Waals surface area contributed by atoms with Crippen molar-refractivity contribution in [3.05, 3.63) is 99.0 Å². The second kappa shape index (κ2) is 16.4. The average Bonchev–Trinajstić information content (AvgIpc) is 3.14. The van der Waals surface area contributed by atoms with E-state index in [1.165, 1.54) is 24.9 Å². The fraction of sp³-hybridized carbons (Fsp3) is 0.270. The molecule has 15 heteroatoms. The highest BCUT2D eigenvalue weighted by Gasteiger charge is 2.24. The summed E-state index contributed by atoms with van der Waals surface area (Å²) in [6.45, 7) is 3.65. The number of nitrogens with zero attached hydrogens (tertiary/aromatic N) is 6. The number of fused-ring (bicyclic) bond motifs is 1. The van der Waals surface area contributed by atoms with E-state index >= 15 is 0 Å². The lowest BCUT2D eigenvalue weighted by Gasteiger charge is -2.28. The Labute approximate surface area is 310 Å². The van der Waals surface area contributed by atoms with Crippen molar-refractivity contribution in [2.24, 2.45) is 0 Å². The first kappa shape index (κ1) is 36.6. The third kappa shape index (κ3) is 8.29. The minimum absolute atomic E-state index is 0.0860. The first-order chi connectivity index (χ1) is 25.1. The molecule has 2 aromatic carbocycles. The largest absolute Gasteiger partial charge is 0.495 e. The zero-order valence-electron chi connectivity index (χ0n) is 29.2. The number of carbonyl (C=O) groups is 1. The number of morpholine rings is 1. The number of hydrogen-bond acceptors (Lipinski definition) is 11. The SMILES string of the molecule is COc1cc(OC)c(Cl)c(-c2cc3cnc(Nc4ccc(N5CCOCC5)cn4)nc3n(Cc3cccc(NC(=O)/C=C/CN(C)C)c3)c2=O)c1Cl. The van der Waals surface area contributed by atoms with Gasteiger partial charge in [0.2, 0.25) is 11.9 Å². The number of aromatic nitrogens is 4. The molecule has 1 saturated heterocycles. The van der Waals surface area contributed by atoms with Gasteiger partial charge in [0, 0.05) is 54.6 Å². The Morgan fingerprint density at radius 1 is 1.00 bits per heavy atom. The zero-order chi connectivity index (χ0) is 36.8. The molecule has 1 amide bonds. The van der Waals surface area contributed by atoms with Crippen LogP contribution >= 0.6 is 23.2 Å². The highest BCUT2D eigenvalue weighted by atomic mass is 35.5. The van der Waals surface area contributed by atoms with E-state index in [-0.39, 0.29) is 51.1 Å². The van der Waals surface area contributed by atoms with Crippen LogP contribution in [0.2, 0.25) is 10.0 Å². The Morgan fingerprint density at radius 2 is 1.75 bits per heavy atom. The van der Waals surface area contributed by atoms with Crippen molar-refractivity contribution in [1.82, 2.24) is 24.4 Å². The van der Waals surface area contributed by atoms with Gasteiger partial charge < -0.3 is 34.6 Å². The van der Waals surface area contributed by atoms with Crippen LogP contribution in [-0.4, -0.2) is 91.5 Å².